The van der Waals surface area contributed by atoms with Gasteiger partial charge in [-0.25, -0.2) is 4.98 Å². The van der Waals surface area contributed by atoms with Gasteiger partial charge in [0.1, 0.15) is 0 Å². The third kappa shape index (κ3) is 2.98. The number of aryl methyl sites for hydroxylation is 3. The van der Waals surface area contributed by atoms with Crippen molar-refractivity contribution in [3.8, 4) is 0 Å². The molecule has 0 N–H and O–H groups in total. The summed E-state index contributed by atoms with van der Waals surface area (Å²) in [5, 5.41) is 1.63. The van der Waals surface area contributed by atoms with E-state index in [4.69, 9.17) is 11.6 Å². The zero-order valence-corrected chi connectivity index (χ0v) is 11.7. The van der Waals surface area contributed by atoms with Gasteiger partial charge in [0.15, 0.2) is 0 Å². The van der Waals surface area contributed by atoms with Crippen LogP contribution >= 0.6 is 22.9 Å². The molecule has 3 heteroatoms. The van der Waals surface area contributed by atoms with E-state index in [1.807, 2.05) is 11.3 Å². The molecule has 0 radical (unpaired) electrons. The van der Waals surface area contributed by atoms with E-state index in [0.717, 1.165) is 18.8 Å². The highest BCUT2D eigenvalue weighted by Crippen LogP contribution is 2.33. The van der Waals surface area contributed by atoms with Crippen molar-refractivity contribution in [3.63, 3.8) is 0 Å². The Kier molecular flexibility index (Phi) is 4.26. The molecule has 0 aliphatic heterocycles. The molecule has 1 aromatic heterocycles. The van der Waals surface area contributed by atoms with Gasteiger partial charge in [-0.05, 0) is 39.0 Å². The zero-order valence-electron chi connectivity index (χ0n) is 10.1. The molecule has 0 spiro atoms. The van der Waals surface area contributed by atoms with Gasteiger partial charge in [0.25, 0.3) is 0 Å². The summed E-state index contributed by atoms with van der Waals surface area (Å²) in [4.78, 5) is 5.92. The summed E-state index contributed by atoms with van der Waals surface area (Å²) >= 11 is 8.29. The maximum absolute atomic E-state index is 6.46. The van der Waals surface area contributed by atoms with Crippen LogP contribution in [-0.4, -0.2) is 10.4 Å². The van der Waals surface area contributed by atoms with Gasteiger partial charge in [-0.2, -0.15) is 0 Å². The summed E-state index contributed by atoms with van der Waals surface area (Å²) in [6, 6.07) is 0. The number of aromatic nitrogens is 1. The lowest BCUT2D eigenvalue weighted by Gasteiger charge is -2.15. The van der Waals surface area contributed by atoms with Gasteiger partial charge in [0.05, 0.1) is 10.7 Å². The fourth-order valence-electron chi connectivity index (χ4n) is 2.46. The number of hydrogen-bond donors (Lipinski definition) is 0. The number of hydrogen-bond acceptors (Lipinski definition) is 2. The lowest BCUT2D eigenvalue weighted by molar-refractivity contribution is 0.492. The summed E-state index contributed by atoms with van der Waals surface area (Å²) in [6.07, 6.45) is 7.59. The third-order valence-electron chi connectivity index (χ3n) is 3.62. The Morgan fingerprint density at radius 3 is 2.62 bits per heavy atom. The van der Waals surface area contributed by atoms with Gasteiger partial charge in [-0.15, -0.1) is 22.9 Å². The van der Waals surface area contributed by atoms with Crippen molar-refractivity contribution in [3.05, 3.63) is 15.6 Å². The molecule has 16 heavy (non-hydrogen) atoms. The Bertz CT molecular complexity index is 322. The largest absolute Gasteiger partial charge is 0.246 e. The summed E-state index contributed by atoms with van der Waals surface area (Å²) < 4.78 is 0. The monoisotopic (exact) mass is 257 g/mol. The summed E-state index contributed by atoms with van der Waals surface area (Å²) in [6.45, 7) is 4.23. The highest BCUT2D eigenvalue weighted by Gasteiger charge is 2.23. The number of halogens is 1. The molecule has 0 bridgehead atoms. The van der Waals surface area contributed by atoms with Gasteiger partial charge in [-0.3, -0.25) is 0 Å². The Balaban J connectivity index is 1.82. The molecular weight excluding hydrogens is 238 g/mol. The Morgan fingerprint density at radius 1 is 1.38 bits per heavy atom. The van der Waals surface area contributed by atoms with E-state index < -0.39 is 0 Å². The van der Waals surface area contributed by atoms with Crippen molar-refractivity contribution >= 4 is 22.9 Å². The van der Waals surface area contributed by atoms with E-state index in [2.05, 4.69) is 18.8 Å². The van der Waals surface area contributed by atoms with Crippen LogP contribution in [-0.2, 0) is 6.42 Å². The molecule has 0 aromatic carbocycles. The predicted molar refractivity (Wildman–Crippen MR) is 71.5 cm³/mol. The molecule has 1 aliphatic carbocycles. The second-order valence-corrected chi connectivity index (χ2v) is 6.70. The van der Waals surface area contributed by atoms with Gasteiger partial charge in [0.2, 0.25) is 0 Å². The molecule has 1 heterocycles. The standard InChI is InChI=1S/C13H20ClNS/c1-9-10(2)16-13(15-9)8-7-12(14)11-5-3-4-6-11/h11-12H,3-8H2,1-2H3. The first-order valence-electron chi connectivity index (χ1n) is 6.24. The normalized spacial score (nSPS) is 19.2. The average molecular weight is 258 g/mol. The molecule has 1 saturated carbocycles. The highest BCUT2D eigenvalue weighted by atomic mass is 35.5. The van der Waals surface area contributed by atoms with E-state index in [9.17, 15) is 0 Å². The maximum atomic E-state index is 6.46. The van der Waals surface area contributed by atoms with E-state index in [-0.39, 0.29) is 0 Å². The van der Waals surface area contributed by atoms with Crippen LogP contribution in [0.2, 0.25) is 0 Å². The van der Waals surface area contributed by atoms with Gasteiger partial charge in [0, 0.05) is 16.7 Å². The summed E-state index contributed by atoms with van der Waals surface area (Å²) in [5.41, 5.74) is 1.19. The number of alkyl halides is 1. The van der Waals surface area contributed by atoms with E-state index in [0.29, 0.717) is 5.38 Å². The molecule has 0 amide bonds. The van der Waals surface area contributed by atoms with Crippen molar-refractivity contribution in [2.24, 2.45) is 5.92 Å². The maximum Gasteiger partial charge on any atom is 0.0931 e. The lowest BCUT2D eigenvalue weighted by atomic mass is 10.0. The van der Waals surface area contributed by atoms with Crippen LogP contribution in [0.3, 0.4) is 0 Å². The van der Waals surface area contributed by atoms with Crippen LogP contribution < -0.4 is 0 Å². The first kappa shape index (κ1) is 12.4. The minimum atomic E-state index is 0.368. The van der Waals surface area contributed by atoms with Gasteiger partial charge in [-0.1, -0.05) is 12.8 Å². The Morgan fingerprint density at radius 2 is 2.06 bits per heavy atom. The number of thiazole rings is 1. The van der Waals surface area contributed by atoms with Crippen molar-refractivity contribution in [1.82, 2.24) is 4.98 Å². The van der Waals surface area contributed by atoms with Crippen LogP contribution in [0, 0.1) is 19.8 Å². The minimum Gasteiger partial charge on any atom is -0.246 e. The highest BCUT2D eigenvalue weighted by molar-refractivity contribution is 7.11. The fraction of sp³-hybridized carbons (Fsp3) is 0.769. The topological polar surface area (TPSA) is 12.9 Å². The molecule has 0 saturated heterocycles. The molecular formula is C13H20ClNS. The second kappa shape index (κ2) is 5.50. The smallest absolute Gasteiger partial charge is 0.0931 e. The Labute approximate surface area is 107 Å². The quantitative estimate of drug-likeness (QED) is 0.725. The SMILES string of the molecule is Cc1nc(CCC(Cl)C2CCCC2)sc1C. The molecule has 90 valence electrons. The van der Waals surface area contributed by atoms with Crippen molar-refractivity contribution < 1.29 is 0 Å². The molecule has 2 rings (SSSR count). The molecule has 1 fully saturated rings. The fourth-order valence-corrected chi connectivity index (χ4v) is 3.77. The summed E-state index contributed by atoms with van der Waals surface area (Å²) in [7, 11) is 0. The van der Waals surface area contributed by atoms with Gasteiger partial charge >= 0.3 is 0 Å². The average Bonchev–Trinajstić information content (AvgIpc) is 2.86. The van der Waals surface area contributed by atoms with Crippen molar-refractivity contribution in [2.45, 2.75) is 57.7 Å². The van der Waals surface area contributed by atoms with Gasteiger partial charge < -0.3 is 0 Å². The van der Waals surface area contributed by atoms with Crippen molar-refractivity contribution in [1.29, 1.82) is 0 Å². The van der Waals surface area contributed by atoms with Crippen molar-refractivity contribution in [2.75, 3.05) is 0 Å². The van der Waals surface area contributed by atoms with Crippen LogP contribution in [0.5, 0.6) is 0 Å². The predicted octanol–water partition coefficient (Wildman–Crippen LogP) is 4.49. The lowest BCUT2D eigenvalue weighted by Crippen LogP contribution is -2.12. The first-order valence-corrected chi connectivity index (χ1v) is 7.49. The molecule has 1 atom stereocenters. The first-order chi connectivity index (χ1) is 7.66. The number of rotatable bonds is 4. The summed E-state index contributed by atoms with van der Waals surface area (Å²) in [5.74, 6) is 0.767. The van der Waals surface area contributed by atoms with E-state index >= 15 is 0 Å². The van der Waals surface area contributed by atoms with Crippen LogP contribution in [0.1, 0.15) is 47.7 Å². The third-order valence-corrected chi connectivity index (χ3v) is 5.33. The zero-order chi connectivity index (χ0) is 11.5. The van der Waals surface area contributed by atoms with Crippen LogP contribution in [0.15, 0.2) is 0 Å². The minimum absolute atomic E-state index is 0.368. The molecule has 1 aliphatic rings. The number of nitrogens with zero attached hydrogens (tertiary/aromatic N) is 1. The molecule has 1 nitrogen and oxygen atoms in total. The van der Waals surface area contributed by atoms with Crippen LogP contribution in [0.4, 0.5) is 0 Å². The molecule has 1 aromatic rings. The van der Waals surface area contributed by atoms with Crippen LogP contribution in [0.25, 0.3) is 0 Å². The van der Waals surface area contributed by atoms with E-state index in [1.165, 1.54) is 41.3 Å². The second-order valence-electron chi connectivity index (χ2n) is 4.85. The Hall–Kier alpha value is -0.0800. The van der Waals surface area contributed by atoms with E-state index in [1.54, 1.807) is 0 Å². The molecule has 1 unspecified atom stereocenters.